The minimum atomic E-state index is -0.192. The Kier molecular flexibility index (Phi) is 3.78. The SMILES string of the molecule is CN1CC(NC(=O)NCC(C)(C)C)CC1=O. The van der Waals surface area contributed by atoms with E-state index < -0.39 is 0 Å². The predicted molar refractivity (Wildman–Crippen MR) is 62.0 cm³/mol. The Labute approximate surface area is 96.6 Å². The standard InChI is InChI=1S/C11H21N3O2/c1-11(2,3)7-12-10(16)13-8-5-9(15)14(4)6-8/h8H,5-7H2,1-4H3,(H2,12,13,16). The van der Waals surface area contributed by atoms with Gasteiger partial charge >= 0.3 is 6.03 Å². The van der Waals surface area contributed by atoms with Crippen LogP contribution in [-0.2, 0) is 4.79 Å². The highest BCUT2D eigenvalue weighted by Gasteiger charge is 2.27. The summed E-state index contributed by atoms with van der Waals surface area (Å²) in [7, 11) is 1.75. The Balaban J connectivity index is 2.28. The van der Waals surface area contributed by atoms with Crippen LogP contribution in [-0.4, -0.2) is 43.0 Å². The second-order valence-electron chi connectivity index (χ2n) is 5.56. The van der Waals surface area contributed by atoms with Crippen LogP contribution in [0.5, 0.6) is 0 Å². The second-order valence-corrected chi connectivity index (χ2v) is 5.56. The van der Waals surface area contributed by atoms with Crippen LogP contribution >= 0.6 is 0 Å². The van der Waals surface area contributed by atoms with E-state index in [4.69, 9.17) is 0 Å². The van der Waals surface area contributed by atoms with E-state index in [0.717, 1.165) is 0 Å². The summed E-state index contributed by atoms with van der Waals surface area (Å²) in [5.74, 6) is 0.0844. The van der Waals surface area contributed by atoms with Gasteiger partial charge in [0.1, 0.15) is 0 Å². The van der Waals surface area contributed by atoms with E-state index in [1.165, 1.54) is 0 Å². The minimum absolute atomic E-state index is 0.0579. The molecule has 1 atom stereocenters. The Bertz CT molecular complexity index is 283. The average molecular weight is 227 g/mol. The number of nitrogens with one attached hydrogen (secondary N) is 2. The van der Waals surface area contributed by atoms with Gasteiger partial charge in [-0.2, -0.15) is 0 Å². The first kappa shape index (κ1) is 12.8. The number of rotatable bonds is 2. The van der Waals surface area contributed by atoms with Crippen molar-refractivity contribution in [3.63, 3.8) is 0 Å². The lowest BCUT2D eigenvalue weighted by molar-refractivity contribution is -0.126. The largest absolute Gasteiger partial charge is 0.344 e. The third-order valence-electron chi connectivity index (χ3n) is 2.46. The molecule has 16 heavy (non-hydrogen) atoms. The maximum Gasteiger partial charge on any atom is 0.315 e. The van der Waals surface area contributed by atoms with E-state index in [1.54, 1.807) is 11.9 Å². The highest BCUT2D eigenvalue weighted by Crippen LogP contribution is 2.10. The molecule has 5 nitrogen and oxygen atoms in total. The average Bonchev–Trinajstić information content (AvgIpc) is 2.41. The van der Waals surface area contributed by atoms with Crippen molar-refractivity contribution in [2.75, 3.05) is 20.1 Å². The molecule has 0 aliphatic carbocycles. The van der Waals surface area contributed by atoms with Gasteiger partial charge < -0.3 is 15.5 Å². The first-order chi connectivity index (χ1) is 7.28. The number of amides is 3. The molecule has 3 amide bonds. The molecule has 1 rings (SSSR count). The van der Waals surface area contributed by atoms with Crippen molar-refractivity contribution in [2.24, 2.45) is 5.41 Å². The van der Waals surface area contributed by atoms with Crippen LogP contribution in [0.15, 0.2) is 0 Å². The zero-order valence-electron chi connectivity index (χ0n) is 10.5. The van der Waals surface area contributed by atoms with Crippen molar-refractivity contribution in [3.8, 4) is 0 Å². The molecule has 2 N–H and O–H groups in total. The van der Waals surface area contributed by atoms with Gasteiger partial charge in [-0.15, -0.1) is 0 Å². The minimum Gasteiger partial charge on any atom is -0.344 e. The smallest absolute Gasteiger partial charge is 0.315 e. The molecule has 92 valence electrons. The third-order valence-corrected chi connectivity index (χ3v) is 2.46. The Morgan fingerprint density at radius 3 is 2.56 bits per heavy atom. The Hall–Kier alpha value is -1.26. The van der Waals surface area contributed by atoms with Gasteiger partial charge in [-0.1, -0.05) is 20.8 Å². The number of likely N-dealkylation sites (tertiary alicyclic amines) is 1. The molecule has 1 saturated heterocycles. The van der Waals surface area contributed by atoms with Crippen molar-refractivity contribution in [3.05, 3.63) is 0 Å². The lowest BCUT2D eigenvalue weighted by Gasteiger charge is -2.20. The molecule has 0 spiro atoms. The lowest BCUT2D eigenvalue weighted by atomic mass is 9.97. The van der Waals surface area contributed by atoms with E-state index in [2.05, 4.69) is 31.4 Å². The van der Waals surface area contributed by atoms with Crippen LogP contribution in [0, 0.1) is 5.41 Å². The fraction of sp³-hybridized carbons (Fsp3) is 0.818. The summed E-state index contributed by atoms with van der Waals surface area (Å²) in [5, 5.41) is 5.60. The van der Waals surface area contributed by atoms with Gasteiger partial charge in [-0.25, -0.2) is 4.79 Å². The van der Waals surface area contributed by atoms with Crippen LogP contribution in [0.1, 0.15) is 27.2 Å². The van der Waals surface area contributed by atoms with Gasteiger partial charge in [0.15, 0.2) is 0 Å². The molecule has 0 aromatic carbocycles. The van der Waals surface area contributed by atoms with Crippen molar-refractivity contribution < 1.29 is 9.59 Å². The summed E-state index contributed by atoms with van der Waals surface area (Å²) in [6, 6.07) is -0.250. The quantitative estimate of drug-likeness (QED) is 0.724. The number of hydrogen-bond acceptors (Lipinski definition) is 2. The normalized spacial score (nSPS) is 21.1. The molecule has 0 bridgehead atoms. The van der Waals surface area contributed by atoms with Crippen LogP contribution < -0.4 is 10.6 Å². The summed E-state index contributed by atoms with van der Waals surface area (Å²) in [6.07, 6.45) is 0.402. The molecule has 0 radical (unpaired) electrons. The zero-order valence-corrected chi connectivity index (χ0v) is 10.5. The molecule has 1 unspecified atom stereocenters. The molecular weight excluding hydrogens is 206 g/mol. The van der Waals surface area contributed by atoms with Gasteiger partial charge in [0.25, 0.3) is 0 Å². The Morgan fingerprint density at radius 1 is 1.50 bits per heavy atom. The van der Waals surface area contributed by atoms with Crippen LogP contribution in [0.2, 0.25) is 0 Å². The summed E-state index contributed by atoms with van der Waals surface area (Å²) in [5.41, 5.74) is 0.0691. The number of urea groups is 1. The van der Waals surface area contributed by atoms with E-state index >= 15 is 0 Å². The van der Waals surface area contributed by atoms with Crippen LogP contribution in [0.25, 0.3) is 0 Å². The summed E-state index contributed by atoms with van der Waals surface area (Å²) < 4.78 is 0. The first-order valence-corrected chi connectivity index (χ1v) is 5.56. The summed E-state index contributed by atoms with van der Waals surface area (Å²) in [6.45, 7) is 7.39. The van der Waals surface area contributed by atoms with Crippen molar-refractivity contribution in [1.82, 2.24) is 15.5 Å². The topological polar surface area (TPSA) is 61.4 Å². The molecular formula is C11H21N3O2. The lowest BCUT2D eigenvalue weighted by Crippen LogP contribution is -2.45. The van der Waals surface area contributed by atoms with Crippen LogP contribution in [0.3, 0.4) is 0 Å². The zero-order chi connectivity index (χ0) is 12.3. The number of nitrogens with zero attached hydrogens (tertiary/aromatic N) is 1. The molecule has 0 aromatic rings. The molecule has 0 saturated carbocycles. The van der Waals surface area contributed by atoms with Gasteiger partial charge in [-0.3, -0.25) is 4.79 Å². The maximum absolute atomic E-state index is 11.5. The van der Waals surface area contributed by atoms with Gasteiger partial charge in [0.05, 0.1) is 6.04 Å². The Morgan fingerprint density at radius 2 is 2.12 bits per heavy atom. The van der Waals surface area contributed by atoms with E-state index in [0.29, 0.717) is 19.5 Å². The van der Waals surface area contributed by atoms with Crippen LogP contribution in [0.4, 0.5) is 4.79 Å². The van der Waals surface area contributed by atoms with E-state index in [-0.39, 0.29) is 23.4 Å². The number of carbonyl (C=O) groups is 2. The van der Waals surface area contributed by atoms with Crippen molar-refractivity contribution >= 4 is 11.9 Å². The predicted octanol–water partition coefficient (Wildman–Crippen LogP) is 0.562. The van der Waals surface area contributed by atoms with E-state index in [9.17, 15) is 9.59 Å². The first-order valence-electron chi connectivity index (χ1n) is 5.56. The second kappa shape index (κ2) is 4.72. The highest BCUT2D eigenvalue weighted by atomic mass is 16.2. The third kappa shape index (κ3) is 4.08. The molecule has 0 aromatic heterocycles. The summed E-state index contributed by atoms with van der Waals surface area (Å²) in [4.78, 5) is 24.4. The highest BCUT2D eigenvalue weighted by molar-refractivity contribution is 5.81. The number of carbonyl (C=O) groups excluding carboxylic acids is 2. The number of hydrogen-bond donors (Lipinski definition) is 2. The molecule has 1 aliphatic heterocycles. The molecule has 1 aliphatic rings. The number of likely N-dealkylation sites (N-methyl/N-ethyl adjacent to an activating group) is 1. The van der Waals surface area contributed by atoms with Gasteiger partial charge in [0.2, 0.25) is 5.91 Å². The summed E-state index contributed by atoms with van der Waals surface area (Å²) >= 11 is 0. The molecule has 5 heteroatoms. The van der Waals surface area contributed by atoms with Crippen molar-refractivity contribution in [1.29, 1.82) is 0 Å². The maximum atomic E-state index is 11.5. The van der Waals surface area contributed by atoms with E-state index in [1.807, 2.05) is 0 Å². The molecule has 1 heterocycles. The fourth-order valence-corrected chi connectivity index (χ4v) is 1.54. The fourth-order valence-electron chi connectivity index (χ4n) is 1.54. The van der Waals surface area contributed by atoms with Gasteiger partial charge in [0, 0.05) is 26.6 Å². The van der Waals surface area contributed by atoms with Crippen molar-refractivity contribution in [2.45, 2.75) is 33.2 Å². The van der Waals surface area contributed by atoms with Gasteiger partial charge in [-0.05, 0) is 5.41 Å². The molecule has 1 fully saturated rings. The monoisotopic (exact) mass is 227 g/mol.